The van der Waals surface area contributed by atoms with Crippen LogP contribution in [0.3, 0.4) is 0 Å². The van der Waals surface area contributed by atoms with Crippen molar-refractivity contribution in [2.24, 2.45) is 0 Å². The molecule has 4 nitrogen and oxygen atoms in total. The minimum absolute atomic E-state index is 0.0482. The van der Waals surface area contributed by atoms with E-state index in [1.807, 2.05) is 61.5 Å². The number of fused-ring (bicyclic) bond motifs is 1. The first-order chi connectivity index (χ1) is 13.7. The molecule has 4 heteroatoms. The highest BCUT2D eigenvalue weighted by Crippen LogP contribution is 2.40. The molecule has 2 amide bonds. The number of hydrogen-bond acceptors (Lipinski definition) is 2. The van der Waals surface area contributed by atoms with Gasteiger partial charge in [0.2, 0.25) is 5.91 Å². The van der Waals surface area contributed by atoms with Crippen LogP contribution in [0.15, 0.2) is 54.6 Å². The van der Waals surface area contributed by atoms with Crippen molar-refractivity contribution in [1.82, 2.24) is 10.2 Å². The minimum atomic E-state index is -0.567. The van der Waals surface area contributed by atoms with E-state index in [9.17, 15) is 9.59 Å². The molecular weight excluding hydrogens is 348 g/mol. The normalized spacial score (nSPS) is 21.1. The van der Waals surface area contributed by atoms with Crippen LogP contribution in [0.1, 0.15) is 79.0 Å². The van der Waals surface area contributed by atoms with Gasteiger partial charge in [-0.25, -0.2) is 0 Å². The maximum absolute atomic E-state index is 13.4. The summed E-state index contributed by atoms with van der Waals surface area (Å²) in [6.07, 6.45) is 6.87. The Morgan fingerprint density at radius 3 is 2.32 bits per heavy atom. The molecule has 2 aromatic carbocycles. The molecule has 1 aliphatic heterocycles. The molecule has 4 rings (SSSR count). The zero-order valence-electron chi connectivity index (χ0n) is 16.4. The topological polar surface area (TPSA) is 49.4 Å². The molecule has 0 aromatic heterocycles. The number of carbonyl (C=O) groups excluding carboxylic acids is 2. The quantitative estimate of drug-likeness (QED) is 0.781. The molecule has 0 radical (unpaired) electrons. The second kappa shape index (κ2) is 8.17. The first-order valence-corrected chi connectivity index (χ1v) is 10.4. The molecule has 1 fully saturated rings. The Morgan fingerprint density at radius 1 is 0.964 bits per heavy atom. The molecule has 2 aliphatic rings. The summed E-state index contributed by atoms with van der Waals surface area (Å²) in [4.78, 5) is 28.4. The maximum atomic E-state index is 13.4. The monoisotopic (exact) mass is 376 g/mol. The first-order valence-electron chi connectivity index (χ1n) is 10.4. The lowest BCUT2D eigenvalue weighted by molar-refractivity contribution is -0.127. The van der Waals surface area contributed by atoms with Gasteiger partial charge < -0.3 is 10.2 Å². The van der Waals surface area contributed by atoms with Gasteiger partial charge in [0.05, 0.1) is 6.04 Å². The van der Waals surface area contributed by atoms with E-state index in [4.69, 9.17) is 0 Å². The van der Waals surface area contributed by atoms with E-state index in [1.165, 1.54) is 12.8 Å². The maximum Gasteiger partial charge on any atom is 0.255 e. The molecule has 2 atom stereocenters. The van der Waals surface area contributed by atoms with Gasteiger partial charge in [-0.05, 0) is 37.0 Å². The Kier molecular flexibility index (Phi) is 5.47. The molecule has 0 unspecified atom stereocenters. The van der Waals surface area contributed by atoms with Gasteiger partial charge in [-0.1, -0.05) is 74.2 Å². The van der Waals surface area contributed by atoms with Gasteiger partial charge in [-0.3, -0.25) is 9.59 Å². The van der Waals surface area contributed by atoms with Crippen LogP contribution in [0.25, 0.3) is 0 Å². The summed E-state index contributed by atoms with van der Waals surface area (Å²) in [6, 6.07) is 16.9. The van der Waals surface area contributed by atoms with Crippen molar-refractivity contribution in [3.63, 3.8) is 0 Å². The fraction of sp³-hybridized carbons (Fsp3) is 0.417. The zero-order valence-corrected chi connectivity index (χ0v) is 16.4. The van der Waals surface area contributed by atoms with Crippen molar-refractivity contribution in [2.45, 2.75) is 63.6 Å². The molecule has 1 aliphatic carbocycles. The Hall–Kier alpha value is -2.62. The summed E-state index contributed by atoms with van der Waals surface area (Å²) in [6.45, 7) is 2.01. The van der Waals surface area contributed by atoms with Crippen LogP contribution in [0.5, 0.6) is 0 Å². The summed E-state index contributed by atoms with van der Waals surface area (Å²) < 4.78 is 0. The van der Waals surface area contributed by atoms with Crippen LogP contribution in [-0.2, 0) is 4.79 Å². The van der Waals surface area contributed by atoms with Crippen LogP contribution in [0, 0.1) is 0 Å². The van der Waals surface area contributed by atoms with E-state index in [-0.39, 0.29) is 23.9 Å². The van der Waals surface area contributed by atoms with E-state index in [1.54, 1.807) is 4.90 Å². The van der Waals surface area contributed by atoms with Gasteiger partial charge in [-0.15, -0.1) is 0 Å². The Bertz CT molecular complexity index is 841. The SMILES string of the molecule is C[C@@H](c1ccccc1)N1C(=O)c2ccccc2[C@H]1C(=O)NC1CCCCCC1. The van der Waals surface area contributed by atoms with Crippen LogP contribution in [0.4, 0.5) is 0 Å². The lowest BCUT2D eigenvalue weighted by atomic mass is 10.0. The number of nitrogens with one attached hydrogen (secondary N) is 1. The van der Waals surface area contributed by atoms with Crippen LogP contribution in [-0.4, -0.2) is 22.8 Å². The fourth-order valence-electron chi connectivity index (χ4n) is 4.60. The lowest BCUT2D eigenvalue weighted by Crippen LogP contribution is -2.44. The third-order valence-electron chi connectivity index (χ3n) is 6.15. The second-order valence-corrected chi connectivity index (χ2v) is 7.99. The smallest absolute Gasteiger partial charge is 0.255 e. The van der Waals surface area contributed by atoms with Crippen LogP contribution in [0.2, 0.25) is 0 Å². The molecule has 146 valence electrons. The number of benzene rings is 2. The van der Waals surface area contributed by atoms with Crippen molar-refractivity contribution in [2.75, 3.05) is 0 Å². The third kappa shape index (κ3) is 3.56. The van der Waals surface area contributed by atoms with Gasteiger partial charge >= 0.3 is 0 Å². The molecule has 0 saturated heterocycles. The van der Waals surface area contributed by atoms with Gasteiger partial charge in [0, 0.05) is 11.6 Å². The van der Waals surface area contributed by atoms with Crippen molar-refractivity contribution in [3.05, 3.63) is 71.3 Å². The average Bonchev–Trinajstić information content (AvgIpc) is 2.86. The van der Waals surface area contributed by atoms with Crippen LogP contribution < -0.4 is 5.32 Å². The van der Waals surface area contributed by atoms with E-state index >= 15 is 0 Å². The molecule has 28 heavy (non-hydrogen) atoms. The molecular formula is C24H28N2O2. The number of amides is 2. The summed E-state index contributed by atoms with van der Waals surface area (Å²) in [5.74, 6) is -0.110. The van der Waals surface area contributed by atoms with E-state index in [2.05, 4.69) is 5.32 Å². The highest BCUT2D eigenvalue weighted by Gasteiger charge is 2.43. The molecule has 1 saturated carbocycles. The Labute approximate surface area is 166 Å². The van der Waals surface area contributed by atoms with E-state index in [0.29, 0.717) is 5.56 Å². The van der Waals surface area contributed by atoms with Crippen molar-refractivity contribution in [1.29, 1.82) is 0 Å². The third-order valence-corrected chi connectivity index (χ3v) is 6.15. The minimum Gasteiger partial charge on any atom is -0.351 e. The summed E-state index contributed by atoms with van der Waals surface area (Å²) in [5.41, 5.74) is 2.50. The summed E-state index contributed by atoms with van der Waals surface area (Å²) in [5, 5.41) is 3.27. The highest BCUT2D eigenvalue weighted by molar-refractivity contribution is 6.05. The van der Waals surface area contributed by atoms with Gasteiger partial charge in [-0.2, -0.15) is 0 Å². The molecule has 0 bridgehead atoms. The second-order valence-electron chi connectivity index (χ2n) is 7.99. The summed E-state index contributed by atoms with van der Waals surface area (Å²) >= 11 is 0. The zero-order chi connectivity index (χ0) is 19.5. The molecule has 1 heterocycles. The lowest BCUT2D eigenvalue weighted by Gasteiger charge is -2.32. The van der Waals surface area contributed by atoms with Crippen LogP contribution >= 0.6 is 0 Å². The fourth-order valence-corrected chi connectivity index (χ4v) is 4.60. The number of hydrogen-bond donors (Lipinski definition) is 1. The van der Waals surface area contributed by atoms with Crippen molar-refractivity contribution < 1.29 is 9.59 Å². The number of carbonyl (C=O) groups is 2. The number of nitrogens with zero attached hydrogens (tertiary/aromatic N) is 1. The van der Waals surface area contributed by atoms with E-state index < -0.39 is 6.04 Å². The Balaban J connectivity index is 1.64. The number of rotatable bonds is 4. The Morgan fingerprint density at radius 2 is 1.61 bits per heavy atom. The predicted octanol–water partition coefficient (Wildman–Crippen LogP) is 4.78. The first kappa shape index (κ1) is 18.7. The highest BCUT2D eigenvalue weighted by atomic mass is 16.2. The van der Waals surface area contributed by atoms with Crippen molar-refractivity contribution >= 4 is 11.8 Å². The van der Waals surface area contributed by atoms with Gasteiger partial charge in [0.15, 0.2) is 0 Å². The van der Waals surface area contributed by atoms with Gasteiger partial charge in [0.1, 0.15) is 6.04 Å². The predicted molar refractivity (Wildman–Crippen MR) is 110 cm³/mol. The standard InChI is InChI=1S/C24H28N2O2/c1-17(18-11-5-4-6-12-18)26-22(20-15-9-10-16-21(20)24(26)28)23(27)25-19-13-7-2-3-8-14-19/h4-6,9-12,15-17,19,22H,2-3,7-8,13-14H2,1H3,(H,25,27)/t17-,22-/m0/s1. The largest absolute Gasteiger partial charge is 0.351 e. The van der Waals surface area contributed by atoms with Crippen molar-refractivity contribution in [3.8, 4) is 0 Å². The molecule has 2 aromatic rings. The molecule has 0 spiro atoms. The summed E-state index contributed by atoms with van der Waals surface area (Å²) in [7, 11) is 0. The molecule has 1 N–H and O–H groups in total. The average molecular weight is 377 g/mol. The van der Waals surface area contributed by atoms with Gasteiger partial charge in [0.25, 0.3) is 5.91 Å². The van der Waals surface area contributed by atoms with E-state index in [0.717, 1.165) is 36.8 Å².